The molecule has 0 spiro atoms. The van der Waals surface area contributed by atoms with Gasteiger partial charge in [-0.15, -0.1) is 23.2 Å². The molecule has 0 aromatic carbocycles. The number of hydrogen-bond acceptors (Lipinski definition) is 2. The van der Waals surface area contributed by atoms with Crippen molar-refractivity contribution in [2.45, 2.75) is 69.3 Å². The Kier molecular flexibility index (Phi) is 9.82. The van der Waals surface area contributed by atoms with Crippen LogP contribution in [0.25, 0.3) is 0 Å². The number of alkyl halides is 2. The summed E-state index contributed by atoms with van der Waals surface area (Å²) in [6, 6.07) is 0. The Labute approximate surface area is 133 Å². The second kappa shape index (κ2) is 10.5. The summed E-state index contributed by atoms with van der Waals surface area (Å²) in [7, 11) is -2.76. The Hall–Kier alpha value is 0.730. The Morgan fingerprint density at radius 1 is 1.40 bits per heavy atom. The number of unbranched alkanes of at least 4 members (excludes halogenated alkanes) is 3. The molecular weight excluding hydrogens is 316 g/mol. The third-order valence-corrected chi connectivity index (χ3v) is 7.02. The van der Waals surface area contributed by atoms with Gasteiger partial charge in [0.2, 0.25) is 0 Å². The molecule has 1 fully saturated rings. The van der Waals surface area contributed by atoms with Crippen LogP contribution in [-0.4, -0.2) is 30.1 Å². The van der Waals surface area contributed by atoms with Gasteiger partial charge < -0.3 is 4.52 Å². The third kappa shape index (κ3) is 6.66. The van der Waals surface area contributed by atoms with E-state index in [0.29, 0.717) is 19.0 Å². The third-order valence-electron chi connectivity index (χ3n) is 3.77. The van der Waals surface area contributed by atoms with Gasteiger partial charge in [-0.25, -0.2) is 5.09 Å². The highest BCUT2D eigenvalue weighted by atomic mass is 35.5. The van der Waals surface area contributed by atoms with Gasteiger partial charge in [-0.05, 0) is 25.7 Å². The molecule has 0 amide bonds. The summed E-state index contributed by atoms with van der Waals surface area (Å²) >= 11 is 12.1. The minimum Gasteiger partial charge on any atom is -0.317 e. The van der Waals surface area contributed by atoms with Crippen LogP contribution in [-0.2, 0) is 9.09 Å². The second-order valence-corrected chi connectivity index (χ2v) is 9.00. The molecule has 1 aliphatic heterocycles. The SMILES string of the molecule is CCCCCCC(Cl)CC1CCCOP1(=O)NCCCl. The lowest BCUT2D eigenvalue weighted by Crippen LogP contribution is -2.29. The van der Waals surface area contributed by atoms with Crippen LogP contribution in [0.4, 0.5) is 0 Å². The van der Waals surface area contributed by atoms with E-state index >= 15 is 0 Å². The topological polar surface area (TPSA) is 38.3 Å². The zero-order valence-electron chi connectivity index (χ0n) is 12.5. The molecule has 1 heterocycles. The summed E-state index contributed by atoms with van der Waals surface area (Å²) in [4.78, 5) is 0. The molecule has 0 radical (unpaired) electrons. The zero-order chi connectivity index (χ0) is 14.8. The summed E-state index contributed by atoms with van der Waals surface area (Å²) in [5, 5.41) is 3.12. The van der Waals surface area contributed by atoms with Crippen LogP contribution < -0.4 is 5.09 Å². The van der Waals surface area contributed by atoms with E-state index in [4.69, 9.17) is 27.7 Å². The molecule has 1 N–H and O–H groups in total. The van der Waals surface area contributed by atoms with Gasteiger partial charge in [0.25, 0.3) is 7.52 Å². The molecule has 1 saturated heterocycles. The van der Waals surface area contributed by atoms with Crippen molar-refractivity contribution in [2.24, 2.45) is 0 Å². The maximum atomic E-state index is 12.8. The summed E-state index contributed by atoms with van der Waals surface area (Å²) < 4.78 is 18.3. The fourth-order valence-corrected chi connectivity index (χ4v) is 5.79. The van der Waals surface area contributed by atoms with Crippen molar-refractivity contribution in [3.8, 4) is 0 Å². The molecule has 0 aromatic heterocycles. The molecule has 120 valence electrons. The number of halogens is 2. The highest BCUT2D eigenvalue weighted by molar-refractivity contribution is 7.57. The van der Waals surface area contributed by atoms with Crippen LogP contribution in [0.15, 0.2) is 0 Å². The van der Waals surface area contributed by atoms with Gasteiger partial charge in [0.1, 0.15) is 0 Å². The molecule has 3 nitrogen and oxygen atoms in total. The van der Waals surface area contributed by atoms with E-state index in [0.717, 1.165) is 32.1 Å². The Balaban J connectivity index is 2.39. The normalized spacial score (nSPS) is 28.4. The van der Waals surface area contributed by atoms with Gasteiger partial charge in [0.05, 0.1) is 12.3 Å². The molecule has 3 atom stereocenters. The van der Waals surface area contributed by atoms with Gasteiger partial charge in [-0.1, -0.05) is 32.6 Å². The first-order valence-electron chi connectivity index (χ1n) is 7.81. The minimum atomic E-state index is -2.76. The maximum Gasteiger partial charge on any atom is 0.272 e. The Morgan fingerprint density at radius 2 is 2.20 bits per heavy atom. The quantitative estimate of drug-likeness (QED) is 0.338. The zero-order valence-corrected chi connectivity index (χ0v) is 14.9. The molecular formula is C14H28Cl2NO2P. The van der Waals surface area contributed by atoms with E-state index in [1.54, 1.807) is 0 Å². The smallest absolute Gasteiger partial charge is 0.272 e. The van der Waals surface area contributed by atoms with Crippen molar-refractivity contribution in [1.29, 1.82) is 0 Å². The maximum absolute atomic E-state index is 12.8. The monoisotopic (exact) mass is 343 g/mol. The molecule has 0 aliphatic carbocycles. The molecule has 6 heteroatoms. The van der Waals surface area contributed by atoms with Crippen molar-refractivity contribution < 1.29 is 9.09 Å². The van der Waals surface area contributed by atoms with Gasteiger partial charge in [-0.3, -0.25) is 4.57 Å². The summed E-state index contributed by atoms with van der Waals surface area (Å²) in [6.45, 7) is 3.31. The van der Waals surface area contributed by atoms with Crippen LogP contribution in [0, 0.1) is 0 Å². The molecule has 0 saturated carbocycles. The first kappa shape index (κ1) is 18.8. The second-order valence-electron chi connectivity index (χ2n) is 5.51. The van der Waals surface area contributed by atoms with Gasteiger partial charge >= 0.3 is 0 Å². The Bertz CT molecular complexity index is 305. The van der Waals surface area contributed by atoms with Crippen molar-refractivity contribution in [3.05, 3.63) is 0 Å². The number of hydrogen-bond donors (Lipinski definition) is 1. The van der Waals surface area contributed by atoms with E-state index < -0.39 is 7.52 Å². The number of rotatable bonds is 10. The van der Waals surface area contributed by atoms with Crippen LogP contribution >= 0.6 is 30.7 Å². The van der Waals surface area contributed by atoms with Crippen LogP contribution in [0.1, 0.15) is 58.3 Å². The predicted octanol–water partition coefficient (Wildman–Crippen LogP) is 5.15. The largest absolute Gasteiger partial charge is 0.317 e. The lowest BCUT2D eigenvalue weighted by atomic mass is 10.1. The minimum absolute atomic E-state index is 0.0492. The fraction of sp³-hybridized carbons (Fsp3) is 1.00. The van der Waals surface area contributed by atoms with Gasteiger partial charge in [0, 0.05) is 17.8 Å². The first-order chi connectivity index (χ1) is 9.62. The summed E-state index contributed by atoms with van der Waals surface area (Å²) in [5.41, 5.74) is 0.0492. The average Bonchev–Trinajstić information content (AvgIpc) is 2.44. The summed E-state index contributed by atoms with van der Waals surface area (Å²) in [6.07, 6.45) is 8.60. The van der Waals surface area contributed by atoms with Crippen molar-refractivity contribution in [1.82, 2.24) is 5.09 Å². The van der Waals surface area contributed by atoms with E-state index in [1.165, 1.54) is 19.3 Å². The number of nitrogens with one attached hydrogen (secondary N) is 1. The van der Waals surface area contributed by atoms with Crippen LogP contribution in [0.5, 0.6) is 0 Å². The molecule has 20 heavy (non-hydrogen) atoms. The Morgan fingerprint density at radius 3 is 2.90 bits per heavy atom. The van der Waals surface area contributed by atoms with E-state index in [2.05, 4.69) is 12.0 Å². The highest BCUT2D eigenvalue weighted by Gasteiger charge is 2.37. The molecule has 0 bridgehead atoms. The van der Waals surface area contributed by atoms with Crippen LogP contribution in [0.3, 0.4) is 0 Å². The van der Waals surface area contributed by atoms with E-state index in [-0.39, 0.29) is 11.0 Å². The predicted molar refractivity (Wildman–Crippen MR) is 88.3 cm³/mol. The van der Waals surface area contributed by atoms with Crippen molar-refractivity contribution in [3.63, 3.8) is 0 Å². The van der Waals surface area contributed by atoms with Crippen molar-refractivity contribution in [2.75, 3.05) is 19.0 Å². The highest BCUT2D eigenvalue weighted by Crippen LogP contribution is 2.54. The molecule has 1 rings (SSSR count). The first-order valence-corrected chi connectivity index (χ1v) is 10.5. The molecule has 0 aromatic rings. The standard InChI is InChI=1S/C14H28Cl2NO2P/c1-2-3-4-5-7-13(16)12-14-8-6-11-19-20(14,18)17-10-9-15/h13-14H,2-12H2,1H3,(H,17,18). The average molecular weight is 344 g/mol. The van der Waals surface area contributed by atoms with E-state index in [9.17, 15) is 4.57 Å². The van der Waals surface area contributed by atoms with Crippen LogP contribution in [0.2, 0.25) is 0 Å². The van der Waals surface area contributed by atoms with E-state index in [1.807, 2.05) is 0 Å². The molecule has 1 aliphatic rings. The lowest BCUT2D eigenvalue weighted by Gasteiger charge is -2.33. The fourth-order valence-electron chi connectivity index (χ4n) is 2.63. The lowest BCUT2D eigenvalue weighted by molar-refractivity contribution is 0.258. The van der Waals surface area contributed by atoms with Crippen molar-refractivity contribution >= 4 is 30.7 Å². The summed E-state index contributed by atoms with van der Waals surface area (Å²) in [5.74, 6) is 0.446. The molecule has 3 unspecified atom stereocenters. The van der Waals surface area contributed by atoms with Gasteiger partial charge in [-0.2, -0.15) is 0 Å². The van der Waals surface area contributed by atoms with Gasteiger partial charge in [0.15, 0.2) is 0 Å².